The van der Waals surface area contributed by atoms with E-state index in [1.165, 1.54) is 6.07 Å². The molecule has 0 aliphatic carbocycles. The molecule has 0 bridgehead atoms. The van der Waals surface area contributed by atoms with Gasteiger partial charge in [0, 0.05) is 31.6 Å². The summed E-state index contributed by atoms with van der Waals surface area (Å²) in [5, 5.41) is 0. The Labute approximate surface area is 89.7 Å². The van der Waals surface area contributed by atoms with Crippen LogP contribution in [0.4, 0.5) is 5.69 Å². The topological polar surface area (TPSA) is 57.2 Å². The van der Waals surface area contributed by atoms with Crippen molar-refractivity contribution in [2.45, 2.75) is 32.4 Å². The Morgan fingerprint density at radius 2 is 2.13 bits per heavy atom. The Kier molecular flexibility index (Phi) is 3.52. The van der Waals surface area contributed by atoms with Crippen molar-refractivity contribution in [1.29, 1.82) is 0 Å². The summed E-state index contributed by atoms with van der Waals surface area (Å²) in [7, 11) is 1.67. The van der Waals surface area contributed by atoms with Gasteiger partial charge in [-0.15, -0.1) is 0 Å². The molecule has 0 unspecified atom stereocenters. The number of nitrogen functional groups attached to an aromatic ring is 1. The van der Waals surface area contributed by atoms with Gasteiger partial charge in [0.2, 0.25) is 0 Å². The minimum atomic E-state index is -0.218. The number of aromatic nitrogens is 1. The maximum absolute atomic E-state index is 11.4. The average Bonchev–Trinajstić information content (AvgIpc) is 2.20. The summed E-state index contributed by atoms with van der Waals surface area (Å²) in [6, 6.07) is 3.09. The van der Waals surface area contributed by atoms with E-state index in [0.717, 1.165) is 6.42 Å². The number of nitrogens with zero attached hydrogens (tertiary/aromatic N) is 1. The molecule has 0 aromatic carbocycles. The number of nitrogens with two attached hydrogens (primary N) is 1. The number of anilines is 1. The molecule has 1 heterocycles. The van der Waals surface area contributed by atoms with Crippen LogP contribution in [0.2, 0.25) is 0 Å². The zero-order valence-electron chi connectivity index (χ0n) is 9.49. The molecule has 0 atom stereocenters. The number of ether oxygens (including phenoxy) is 1. The molecule has 0 radical (unpaired) electrons. The lowest BCUT2D eigenvalue weighted by Gasteiger charge is -2.23. The van der Waals surface area contributed by atoms with Crippen molar-refractivity contribution < 1.29 is 4.74 Å². The number of pyridine rings is 1. The van der Waals surface area contributed by atoms with Crippen molar-refractivity contribution in [2.75, 3.05) is 12.8 Å². The fraction of sp³-hybridized carbons (Fsp3) is 0.545. The second-order valence-electron chi connectivity index (χ2n) is 4.21. The van der Waals surface area contributed by atoms with E-state index in [-0.39, 0.29) is 11.2 Å². The first kappa shape index (κ1) is 11.8. The fourth-order valence-corrected chi connectivity index (χ4v) is 1.22. The zero-order chi connectivity index (χ0) is 11.5. The Hall–Kier alpha value is -1.29. The third-order valence-electron chi connectivity index (χ3n) is 2.51. The molecule has 0 saturated heterocycles. The zero-order valence-corrected chi connectivity index (χ0v) is 9.49. The van der Waals surface area contributed by atoms with Gasteiger partial charge in [0.1, 0.15) is 0 Å². The van der Waals surface area contributed by atoms with Crippen LogP contribution in [-0.2, 0) is 11.3 Å². The van der Waals surface area contributed by atoms with Gasteiger partial charge < -0.3 is 15.0 Å². The van der Waals surface area contributed by atoms with Crippen LogP contribution >= 0.6 is 0 Å². The smallest absolute Gasteiger partial charge is 0.250 e. The van der Waals surface area contributed by atoms with Crippen molar-refractivity contribution in [2.24, 2.45) is 0 Å². The molecule has 1 aromatic rings. The van der Waals surface area contributed by atoms with E-state index in [2.05, 4.69) is 0 Å². The lowest BCUT2D eigenvalue weighted by Crippen LogP contribution is -2.28. The van der Waals surface area contributed by atoms with Crippen LogP contribution in [0.3, 0.4) is 0 Å². The summed E-state index contributed by atoms with van der Waals surface area (Å²) in [6.45, 7) is 4.60. The van der Waals surface area contributed by atoms with Crippen LogP contribution in [0.1, 0.15) is 20.3 Å². The predicted molar refractivity (Wildman–Crippen MR) is 60.8 cm³/mol. The van der Waals surface area contributed by atoms with Crippen LogP contribution in [0.15, 0.2) is 23.1 Å². The van der Waals surface area contributed by atoms with Gasteiger partial charge in [0.05, 0.1) is 5.60 Å². The normalized spacial score (nSPS) is 11.7. The highest BCUT2D eigenvalue weighted by molar-refractivity contribution is 5.33. The van der Waals surface area contributed by atoms with E-state index in [1.54, 1.807) is 23.9 Å². The van der Waals surface area contributed by atoms with E-state index in [1.807, 2.05) is 13.8 Å². The molecule has 4 nitrogen and oxygen atoms in total. The Morgan fingerprint density at radius 3 is 2.73 bits per heavy atom. The highest BCUT2D eigenvalue weighted by Gasteiger charge is 2.15. The highest BCUT2D eigenvalue weighted by Crippen LogP contribution is 2.13. The van der Waals surface area contributed by atoms with Crippen molar-refractivity contribution in [3.05, 3.63) is 28.7 Å². The Balaban J connectivity index is 2.73. The second kappa shape index (κ2) is 4.49. The second-order valence-corrected chi connectivity index (χ2v) is 4.21. The summed E-state index contributed by atoms with van der Waals surface area (Å²) in [5.41, 5.74) is 5.96. The van der Waals surface area contributed by atoms with Crippen LogP contribution in [0, 0.1) is 0 Å². The van der Waals surface area contributed by atoms with E-state index < -0.39 is 0 Å². The van der Waals surface area contributed by atoms with Crippen molar-refractivity contribution in [1.82, 2.24) is 4.57 Å². The maximum atomic E-state index is 11.4. The van der Waals surface area contributed by atoms with Gasteiger partial charge in [-0.2, -0.15) is 0 Å². The summed E-state index contributed by atoms with van der Waals surface area (Å²) < 4.78 is 6.89. The summed E-state index contributed by atoms with van der Waals surface area (Å²) in [4.78, 5) is 11.4. The molecule has 0 aliphatic rings. The van der Waals surface area contributed by atoms with Crippen LogP contribution in [0.25, 0.3) is 0 Å². The summed E-state index contributed by atoms with van der Waals surface area (Å²) in [6.07, 6.45) is 2.43. The minimum Gasteiger partial charge on any atom is -0.398 e. The molecule has 0 amide bonds. The van der Waals surface area contributed by atoms with Gasteiger partial charge in [-0.25, -0.2) is 0 Å². The molecule has 1 rings (SSSR count). The van der Waals surface area contributed by atoms with Crippen molar-refractivity contribution in [3.63, 3.8) is 0 Å². The average molecular weight is 210 g/mol. The van der Waals surface area contributed by atoms with Crippen molar-refractivity contribution in [3.8, 4) is 0 Å². The molecule has 0 aliphatic heterocycles. The van der Waals surface area contributed by atoms with Crippen LogP contribution in [0.5, 0.6) is 0 Å². The number of hydrogen-bond donors (Lipinski definition) is 1. The summed E-state index contributed by atoms with van der Waals surface area (Å²) >= 11 is 0. The molecule has 0 saturated carbocycles. The first-order valence-corrected chi connectivity index (χ1v) is 4.96. The van der Waals surface area contributed by atoms with Gasteiger partial charge in [-0.3, -0.25) is 4.79 Å². The Morgan fingerprint density at radius 1 is 1.47 bits per heavy atom. The van der Waals surface area contributed by atoms with Gasteiger partial charge >= 0.3 is 0 Å². The number of aryl methyl sites for hydroxylation is 1. The molecule has 0 spiro atoms. The molecule has 1 aromatic heterocycles. The van der Waals surface area contributed by atoms with Crippen LogP contribution < -0.4 is 11.3 Å². The SMILES string of the molecule is COC(C)(C)CCn1cc(N)ccc1=O. The molecule has 15 heavy (non-hydrogen) atoms. The predicted octanol–water partition coefficient (Wildman–Crippen LogP) is 1.25. The van der Waals surface area contributed by atoms with Crippen LogP contribution in [-0.4, -0.2) is 17.3 Å². The third-order valence-corrected chi connectivity index (χ3v) is 2.51. The van der Waals surface area contributed by atoms with E-state index in [9.17, 15) is 4.79 Å². The quantitative estimate of drug-likeness (QED) is 0.813. The summed E-state index contributed by atoms with van der Waals surface area (Å²) in [5.74, 6) is 0. The molecule has 4 heteroatoms. The lowest BCUT2D eigenvalue weighted by atomic mass is 10.1. The standard InChI is InChI=1S/C11H18N2O2/c1-11(2,15-3)6-7-13-8-9(12)4-5-10(13)14/h4-5,8H,6-7,12H2,1-3H3. The van der Waals surface area contributed by atoms with E-state index in [4.69, 9.17) is 10.5 Å². The number of hydrogen-bond acceptors (Lipinski definition) is 3. The molecular weight excluding hydrogens is 192 g/mol. The first-order valence-electron chi connectivity index (χ1n) is 4.96. The molecule has 2 N–H and O–H groups in total. The van der Waals surface area contributed by atoms with Gasteiger partial charge in [-0.05, 0) is 26.3 Å². The first-order chi connectivity index (χ1) is 6.94. The third kappa shape index (κ3) is 3.40. The fourth-order valence-electron chi connectivity index (χ4n) is 1.22. The molecular formula is C11H18N2O2. The lowest BCUT2D eigenvalue weighted by molar-refractivity contribution is 0.0118. The maximum Gasteiger partial charge on any atom is 0.250 e. The van der Waals surface area contributed by atoms with E-state index >= 15 is 0 Å². The molecule has 84 valence electrons. The monoisotopic (exact) mass is 210 g/mol. The minimum absolute atomic E-state index is 0.0314. The highest BCUT2D eigenvalue weighted by atomic mass is 16.5. The van der Waals surface area contributed by atoms with Crippen molar-refractivity contribution >= 4 is 5.69 Å². The van der Waals surface area contributed by atoms with Gasteiger partial charge in [-0.1, -0.05) is 0 Å². The van der Waals surface area contributed by atoms with Gasteiger partial charge in [0.25, 0.3) is 5.56 Å². The Bertz CT molecular complexity index is 382. The van der Waals surface area contributed by atoms with Gasteiger partial charge in [0.15, 0.2) is 0 Å². The molecule has 0 fully saturated rings. The number of rotatable bonds is 4. The largest absolute Gasteiger partial charge is 0.398 e. The number of methoxy groups -OCH3 is 1. The van der Waals surface area contributed by atoms with E-state index in [0.29, 0.717) is 12.2 Å².